The zero-order chi connectivity index (χ0) is 12.8. The van der Waals surface area contributed by atoms with Crippen LogP contribution < -0.4 is 0 Å². The standard InChI is InChI=1S/C12H18O6/c13-2-10(14)1-9(3-15-5-11-7-17-11)4-16-6-12-8-18-12/h2,9,11-12H,1,3-8H2. The van der Waals surface area contributed by atoms with Crippen LogP contribution in [0.1, 0.15) is 6.42 Å². The molecule has 6 nitrogen and oxygen atoms in total. The highest BCUT2D eigenvalue weighted by Crippen LogP contribution is 2.13. The van der Waals surface area contributed by atoms with Crippen molar-refractivity contribution < 1.29 is 28.5 Å². The second-order valence-corrected chi connectivity index (χ2v) is 4.64. The number of carbonyl (C=O) groups excluding carboxylic acids is 2. The van der Waals surface area contributed by atoms with Crippen molar-refractivity contribution in [2.24, 2.45) is 5.92 Å². The van der Waals surface area contributed by atoms with Gasteiger partial charge in [0.2, 0.25) is 0 Å². The van der Waals surface area contributed by atoms with Gasteiger partial charge >= 0.3 is 0 Å². The number of Topliss-reactive ketones (excluding diaryl/α,β-unsaturated/α-hetero) is 1. The number of rotatable bonds is 11. The number of hydrogen-bond acceptors (Lipinski definition) is 6. The minimum Gasteiger partial charge on any atom is -0.378 e. The lowest BCUT2D eigenvalue weighted by molar-refractivity contribution is -0.131. The molecule has 2 aliphatic heterocycles. The predicted molar refractivity (Wildman–Crippen MR) is 60.3 cm³/mol. The van der Waals surface area contributed by atoms with Gasteiger partial charge < -0.3 is 18.9 Å². The first kappa shape index (κ1) is 13.6. The summed E-state index contributed by atoms with van der Waals surface area (Å²) in [7, 11) is 0. The van der Waals surface area contributed by atoms with Gasteiger partial charge in [-0.1, -0.05) is 0 Å². The van der Waals surface area contributed by atoms with Crippen LogP contribution in [-0.4, -0.2) is 63.9 Å². The van der Waals surface area contributed by atoms with E-state index in [0.29, 0.717) is 32.7 Å². The number of carbonyl (C=O) groups is 2. The Morgan fingerprint density at radius 3 is 2.06 bits per heavy atom. The lowest BCUT2D eigenvalue weighted by atomic mass is 10.1. The number of aldehydes is 1. The SMILES string of the molecule is O=CC(=O)CC(COCC1CO1)COCC1CO1. The van der Waals surface area contributed by atoms with Crippen LogP contribution in [0, 0.1) is 5.92 Å². The first-order valence-electron chi connectivity index (χ1n) is 6.14. The van der Waals surface area contributed by atoms with Gasteiger partial charge in [0.05, 0.1) is 39.6 Å². The summed E-state index contributed by atoms with van der Waals surface area (Å²) >= 11 is 0. The number of hydrogen-bond donors (Lipinski definition) is 0. The molecule has 2 fully saturated rings. The van der Waals surface area contributed by atoms with Crippen LogP contribution in [0.4, 0.5) is 0 Å². The van der Waals surface area contributed by atoms with Crippen LogP contribution in [0.3, 0.4) is 0 Å². The Labute approximate surface area is 106 Å². The lowest BCUT2D eigenvalue weighted by Crippen LogP contribution is -2.22. The Balaban J connectivity index is 1.61. The van der Waals surface area contributed by atoms with E-state index in [1.165, 1.54) is 0 Å². The normalized spacial score (nSPS) is 26.7. The van der Waals surface area contributed by atoms with Crippen LogP contribution in [0.2, 0.25) is 0 Å². The predicted octanol–water partition coefficient (Wildman–Crippen LogP) is -0.408. The van der Waals surface area contributed by atoms with Crippen molar-refractivity contribution in [3.63, 3.8) is 0 Å². The molecule has 0 amide bonds. The third-order valence-corrected chi connectivity index (χ3v) is 2.74. The molecule has 2 rings (SSSR count). The smallest absolute Gasteiger partial charge is 0.195 e. The minimum atomic E-state index is -0.419. The maximum atomic E-state index is 11.1. The molecule has 2 heterocycles. The number of ketones is 1. The van der Waals surface area contributed by atoms with E-state index in [1.807, 2.05) is 0 Å². The van der Waals surface area contributed by atoms with Gasteiger partial charge in [-0.15, -0.1) is 0 Å². The highest BCUT2D eigenvalue weighted by molar-refractivity contribution is 6.24. The molecule has 0 spiro atoms. The molecule has 0 aromatic rings. The zero-order valence-electron chi connectivity index (χ0n) is 10.2. The molecule has 0 bridgehead atoms. The summed E-state index contributed by atoms with van der Waals surface area (Å²) in [5.41, 5.74) is 0. The minimum absolute atomic E-state index is 0.0831. The first-order valence-corrected chi connectivity index (χ1v) is 6.14. The van der Waals surface area contributed by atoms with E-state index in [9.17, 15) is 9.59 Å². The van der Waals surface area contributed by atoms with Gasteiger partial charge in [0, 0.05) is 12.3 Å². The van der Waals surface area contributed by atoms with Crippen molar-refractivity contribution in [1.29, 1.82) is 0 Å². The Hall–Kier alpha value is -0.820. The summed E-state index contributed by atoms with van der Waals surface area (Å²) in [5, 5.41) is 0. The Kier molecular flexibility index (Phi) is 5.25. The van der Waals surface area contributed by atoms with Crippen LogP contribution in [0.5, 0.6) is 0 Å². The molecule has 0 saturated carbocycles. The fourth-order valence-electron chi connectivity index (χ4n) is 1.56. The molecule has 6 heteroatoms. The molecule has 2 saturated heterocycles. The van der Waals surface area contributed by atoms with Gasteiger partial charge in [-0.3, -0.25) is 9.59 Å². The van der Waals surface area contributed by atoms with E-state index in [1.54, 1.807) is 0 Å². The summed E-state index contributed by atoms with van der Waals surface area (Å²) in [5.74, 6) is -0.502. The molecule has 102 valence electrons. The molecule has 18 heavy (non-hydrogen) atoms. The molecule has 0 aromatic heterocycles. The summed E-state index contributed by atoms with van der Waals surface area (Å²) < 4.78 is 20.9. The van der Waals surface area contributed by atoms with E-state index in [-0.39, 0.29) is 24.5 Å². The molecular formula is C12H18O6. The van der Waals surface area contributed by atoms with E-state index in [4.69, 9.17) is 18.9 Å². The van der Waals surface area contributed by atoms with Gasteiger partial charge in [0.25, 0.3) is 0 Å². The summed E-state index contributed by atoms with van der Waals surface area (Å²) in [6.07, 6.45) is 0.920. The van der Waals surface area contributed by atoms with Gasteiger partial charge in [0.15, 0.2) is 12.1 Å². The van der Waals surface area contributed by atoms with Crippen LogP contribution in [0.25, 0.3) is 0 Å². The van der Waals surface area contributed by atoms with Crippen LogP contribution in [0.15, 0.2) is 0 Å². The van der Waals surface area contributed by atoms with Crippen LogP contribution >= 0.6 is 0 Å². The average molecular weight is 258 g/mol. The third-order valence-electron chi connectivity index (χ3n) is 2.74. The molecule has 0 N–H and O–H groups in total. The van der Waals surface area contributed by atoms with Gasteiger partial charge in [-0.05, 0) is 0 Å². The first-order chi connectivity index (χ1) is 8.78. The molecule has 0 aromatic carbocycles. The fourth-order valence-corrected chi connectivity index (χ4v) is 1.56. The van der Waals surface area contributed by atoms with Crippen molar-refractivity contribution in [2.75, 3.05) is 39.6 Å². The third kappa shape index (κ3) is 5.68. The Bertz CT molecular complexity index is 266. The fraction of sp³-hybridized carbons (Fsp3) is 0.833. The molecule has 2 unspecified atom stereocenters. The largest absolute Gasteiger partial charge is 0.378 e. The summed E-state index contributed by atoms with van der Waals surface area (Å²) in [4.78, 5) is 21.5. The molecular weight excluding hydrogens is 240 g/mol. The van der Waals surface area contributed by atoms with Crippen molar-refractivity contribution in [2.45, 2.75) is 18.6 Å². The van der Waals surface area contributed by atoms with E-state index < -0.39 is 5.78 Å². The van der Waals surface area contributed by atoms with E-state index in [0.717, 1.165) is 13.2 Å². The van der Waals surface area contributed by atoms with Crippen molar-refractivity contribution in [3.8, 4) is 0 Å². The molecule has 2 atom stereocenters. The number of epoxide rings is 2. The van der Waals surface area contributed by atoms with Gasteiger partial charge in [-0.2, -0.15) is 0 Å². The average Bonchev–Trinajstić information content (AvgIpc) is 3.22. The maximum Gasteiger partial charge on any atom is 0.195 e. The quantitative estimate of drug-likeness (QED) is 0.285. The van der Waals surface area contributed by atoms with E-state index in [2.05, 4.69) is 0 Å². The van der Waals surface area contributed by atoms with Crippen LogP contribution in [-0.2, 0) is 28.5 Å². The Morgan fingerprint density at radius 2 is 1.67 bits per heavy atom. The molecule has 2 aliphatic rings. The number of ether oxygens (including phenoxy) is 4. The highest BCUT2D eigenvalue weighted by atomic mass is 16.6. The van der Waals surface area contributed by atoms with Crippen molar-refractivity contribution in [1.82, 2.24) is 0 Å². The van der Waals surface area contributed by atoms with Gasteiger partial charge in [0.1, 0.15) is 12.2 Å². The lowest BCUT2D eigenvalue weighted by Gasteiger charge is -2.15. The monoisotopic (exact) mass is 258 g/mol. The molecule has 0 radical (unpaired) electrons. The van der Waals surface area contributed by atoms with Crippen molar-refractivity contribution >= 4 is 12.1 Å². The van der Waals surface area contributed by atoms with Crippen molar-refractivity contribution in [3.05, 3.63) is 0 Å². The highest BCUT2D eigenvalue weighted by Gasteiger charge is 2.25. The van der Waals surface area contributed by atoms with E-state index >= 15 is 0 Å². The molecule has 0 aliphatic carbocycles. The summed E-state index contributed by atoms with van der Waals surface area (Å²) in [6.45, 7) is 3.38. The summed E-state index contributed by atoms with van der Waals surface area (Å²) in [6, 6.07) is 0. The van der Waals surface area contributed by atoms with Gasteiger partial charge in [-0.25, -0.2) is 0 Å². The zero-order valence-corrected chi connectivity index (χ0v) is 10.2. The topological polar surface area (TPSA) is 77.7 Å². The maximum absolute atomic E-state index is 11.1. The second kappa shape index (κ2) is 6.94. The Morgan fingerprint density at radius 1 is 1.17 bits per heavy atom. The second-order valence-electron chi connectivity index (χ2n) is 4.64.